The molecule has 5 aromatic rings. The van der Waals surface area contributed by atoms with E-state index in [-0.39, 0.29) is 5.41 Å². The minimum atomic E-state index is 0.0784. The van der Waals surface area contributed by atoms with E-state index in [4.69, 9.17) is 4.42 Å². The van der Waals surface area contributed by atoms with Gasteiger partial charge in [0.25, 0.3) is 0 Å². The number of aromatic nitrogens is 1. The average Bonchev–Trinajstić information content (AvgIpc) is 3.17. The molecule has 0 fully saturated rings. The molecule has 3 aromatic carbocycles. The van der Waals surface area contributed by atoms with Gasteiger partial charge in [0.2, 0.25) is 5.69 Å². The smallest absolute Gasteiger partial charge is 0.216 e. The van der Waals surface area contributed by atoms with Crippen LogP contribution in [0.2, 0.25) is 0 Å². The zero-order valence-electron chi connectivity index (χ0n) is 19.7. The van der Waals surface area contributed by atoms with Crippen LogP contribution in [0.3, 0.4) is 0 Å². The third kappa shape index (κ3) is 3.39. The lowest BCUT2D eigenvalue weighted by molar-refractivity contribution is -0.661. The van der Waals surface area contributed by atoms with Crippen molar-refractivity contribution >= 4 is 21.9 Å². The van der Waals surface area contributed by atoms with Crippen molar-refractivity contribution in [2.45, 2.75) is 33.1 Å². The number of nitriles is 1. The van der Waals surface area contributed by atoms with Gasteiger partial charge >= 0.3 is 0 Å². The Morgan fingerprint density at radius 1 is 0.818 bits per heavy atom. The summed E-state index contributed by atoms with van der Waals surface area (Å²) < 4.78 is 8.82. The standard InChI is InChI=1S/C30H27N2O/c1-19-11-14-23-24-15-12-21(17-31)27(20-9-7-6-8-10-20)29(24)33-28(23)26(19)25-16-13-22(18-32(25)5)30(2,3)4/h6-16,18H,1-5H3/q+1. The Labute approximate surface area is 194 Å². The summed E-state index contributed by atoms with van der Waals surface area (Å²) in [7, 11) is 2.09. The quantitative estimate of drug-likeness (QED) is 0.277. The van der Waals surface area contributed by atoms with Crippen LogP contribution in [-0.4, -0.2) is 0 Å². The minimum absolute atomic E-state index is 0.0784. The van der Waals surface area contributed by atoms with Gasteiger partial charge in [-0.05, 0) is 41.7 Å². The Hall–Kier alpha value is -3.90. The molecule has 0 N–H and O–H groups in total. The Balaban J connectivity index is 1.85. The molecule has 33 heavy (non-hydrogen) atoms. The van der Waals surface area contributed by atoms with Crippen LogP contribution in [0.15, 0.2) is 77.3 Å². The molecule has 0 unspecified atom stereocenters. The molecule has 3 heteroatoms. The predicted octanol–water partition coefficient (Wildman–Crippen LogP) is 7.22. The van der Waals surface area contributed by atoms with Crippen molar-refractivity contribution in [3.05, 3.63) is 89.6 Å². The monoisotopic (exact) mass is 431 g/mol. The summed E-state index contributed by atoms with van der Waals surface area (Å²) >= 11 is 0. The van der Waals surface area contributed by atoms with Gasteiger partial charge in [-0.25, -0.2) is 4.57 Å². The molecule has 2 aromatic heterocycles. The second-order valence-electron chi connectivity index (χ2n) is 9.74. The molecule has 5 rings (SSSR count). The molecule has 3 nitrogen and oxygen atoms in total. The molecule has 0 aliphatic heterocycles. The zero-order chi connectivity index (χ0) is 23.3. The molecule has 0 saturated carbocycles. The zero-order valence-corrected chi connectivity index (χ0v) is 19.7. The molecule has 0 radical (unpaired) electrons. The van der Waals surface area contributed by atoms with Crippen LogP contribution < -0.4 is 4.57 Å². The molecule has 0 spiro atoms. The highest BCUT2D eigenvalue weighted by Gasteiger charge is 2.25. The normalized spacial score (nSPS) is 11.8. The first kappa shape index (κ1) is 21.0. The van der Waals surface area contributed by atoms with E-state index in [0.29, 0.717) is 5.56 Å². The van der Waals surface area contributed by atoms with E-state index < -0.39 is 0 Å². The topological polar surface area (TPSA) is 40.8 Å². The fourth-order valence-electron chi connectivity index (χ4n) is 4.62. The molecule has 162 valence electrons. The van der Waals surface area contributed by atoms with Gasteiger partial charge in [-0.2, -0.15) is 5.26 Å². The fraction of sp³-hybridized carbons (Fsp3) is 0.200. The van der Waals surface area contributed by atoms with Crippen molar-refractivity contribution in [2.75, 3.05) is 0 Å². The number of aryl methyl sites for hydroxylation is 2. The van der Waals surface area contributed by atoms with E-state index in [1.54, 1.807) is 0 Å². The van der Waals surface area contributed by atoms with Crippen LogP contribution in [0.4, 0.5) is 0 Å². The van der Waals surface area contributed by atoms with E-state index in [1.807, 2.05) is 42.5 Å². The van der Waals surface area contributed by atoms with Gasteiger partial charge in [-0.1, -0.05) is 63.2 Å². The number of rotatable bonds is 2. The Bertz CT molecular complexity index is 1560. The summed E-state index contributed by atoms with van der Waals surface area (Å²) in [4.78, 5) is 0. The summed E-state index contributed by atoms with van der Waals surface area (Å²) in [5.74, 6) is 0. The third-order valence-electron chi connectivity index (χ3n) is 6.46. The maximum Gasteiger partial charge on any atom is 0.216 e. The van der Waals surface area contributed by atoms with E-state index >= 15 is 0 Å². The van der Waals surface area contributed by atoms with Crippen molar-refractivity contribution in [1.29, 1.82) is 5.26 Å². The third-order valence-corrected chi connectivity index (χ3v) is 6.46. The van der Waals surface area contributed by atoms with E-state index in [9.17, 15) is 5.26 Å². The summed E-state index contributed by atoms with van der Waals surface area (Å²) in [5.41, 5.74) is 8.78. The predicted molar refractivity (Wildman–Crippen MR) is 134 cm³/mol. The van der Waals surface area contributed by atoms with Crippen molar-refractivity contribution in [1.82, 2.24) is 0 Å². The molecule has 0 aliphatic carbocycles. The Morgan fingerprint density at radius 2 is 1.48 bits per heavy atom. The highest BCUT2D eigenvalue weighted by molar-refractivity contribution is 6.13. The van der Waals surface area contributed by atoms with E-state index in [1.165, 1.54) is 5.56 Å². The van der Waals surface area contributed by atoms with Gasteiger partial charge in [0, 0.05) is 28.0 Å². The van der Waals surface area contributed by atoms with E-state index in [2.05, 4.69) is 75.8 Å². The molecule has 0 bridgehead atoms. The van der Waals surface area contributed by atoms with Gasteiger partial charge in [-0.3, -0.25) is 0 Å². The van der Waals surface area contributed by atoms with E-state index in [0.717, 1.165) is 49.9 Å². The van der Waals surface area contributed by atoms with Crippen LogP contribution in [0.1, 0.15) is 37.5 Å². The summed E-state index contributed by atoms with van der Waals surface area (Å²) in [6, 6.07) is 25.0. The highest BCUT2D eigenvalue weighted by Crippen LogP contribution is 2.41. The molecule has 0 atom stereocenters. The lowest BCUT2D eigenvalue weighted by Gasteiger charge is -2.17. The van der Waals surface area contributed by atoms with Gasteiger partial charge in [0.15, 0.2) is 6.20 Å². The SMILES string of the molecule is Cc1ccc2c(oc3c(-c4ccccc4)c(C#N)ccc32)c1-c1ccc(C(C)(C)C)c[n+]1C. The lowest BCUT2D eigenvalue weighted by atomic mass is 9.88. The van der Waals surface area contributed by atoms with Crippen LogP contribution in [-0.2, 0) is 12.5 Å². The Morgan fingerprint density at radius 3 is 2.12 bits per heavy atom. The minimum Gasteiger partial charge on any atom is -0.454 e. The summed E-state index contributed by atoms with van der Waals surface area (Å²) in [6.07, 6.45) is 2.21. The lowest BCUT2D eigenvalue weighted by Crippen LogP contribution is -2.33. The average molecular weight is 432 g/mol. The summed E-state index contributed by atoms with van der Waals surface area (Å²) in [6.45, 7) is 8.81. The molecule has 0 saturated heterocycles. The number of furan rings is 1. The van der Waals surface area contributed by atoms with Gasteiger partial charge < -0.3 is 4.42 Å². The fourth-order valence-corrected chi connectivity index (χ4v) is 4.62. The molecule has 2 heterocycles. The number of fused-ring (bicyclic) bond motifs is 3. The maximum atomic E-state index is 9.82. The number of hydrogen-bond donors (Lipinski definition) is 0. The van der Waals surface area contributed by atoms with Gasteiger partial charge in [0.05, 0.1) is 17.2 Å². The number of pyridine rings is 1. The van der Waals surface area contributed by atoms with Crippen LogP contribution in [0, 0.1) is 18.3 Å². The maximum absolute atomic E-state index is 9.82. The molecular formula is C30H27N2O+. The Kier molecular flexibility index (Phi) is 4.83. The molecular weight excluding hydrogens is 404 g/mol. The van der Waals surface area contributed by atoms with Crippen LogP contribution in [0.25, 0.3) is 44.3 Å². The number of benzene rings is 3. The van der Waals surface area contributed by atoms with Crippen LogP contribution >= 0.6 is 0 Å². The van der Waals surface area contributed by atoms with Crippen molar-refractivity contribution in [3.8, 4) is 28.5 Å². The first-order chi connectivity index (χ1) is 15.8. The van der Waals surface area contributed by atoms with Crippen molar-refractivity contribution < 1.29 is 8.98 Å². The number of nitrogens with zero attached hydrogens (tertiary/aromatic N) is 2. The first-order valence-electron chi connectivity index (χ1n) is 11.2. The van der Waals surface area contributed by atoms with Gasteiger partial charge in [-0.15, -0.1) is 0 Å². The van der Waals surface area contributed by atoms with Gasteiger partial charge in [0.1, 0.15) is 18.2 Å². The largest absolute Gasteiger partial charge is 0.454 e. The summed E-state index contributed by atoms with van der Waals surface area (Å²) in [5, 5.41) is 11.9. The number of hydrogen-bond acceptors (Lipinski definition) is 2. The second kappa shape index (κ2) is 7.60. The molecule has 0 aliphatic rings. The van der Waals surface area contributed by atoms with Crippen molar-refractivity contribution in [2.24, 2.45) is 7.05 Å². The molecule has 0 amide bonds. The second-order valence-corrected chi connectivity index (χ2v) is 9.74. The first-order valence-corrected chi connectivity index (χ1v) is 11.2. The van der Waals surface area contributed by atoms with Crippen molar-refractivity contribution in [3.63, 3.8) is 0 Å². The van der Waals surface area contributed by atoms with Crippen LogP contribution in [0.5, 0.6) is 0 Å². The highest BCUT2D eigenvalue weighted by atomic mass is 16.3.